The van der Waals surface area contributed by atoms with Gasteiger partial charge in [-0.3, -0.25) is 0 Å². The third-order valence-electron chi connectivity index (χ3n) is 7.37. The summed E-state index contributed by atoms with van der Waals surface area (Å²) >= 11 is 6.10. The fraction of sp³-hybridized carbons (Fsp3) is 0.565. The molecule has 2 aliphatic heterocycles. The highest BCUT2D eigenvalue weighted by atomic mass is 35.5. The molecule has 28 heavy (non-hydrogen) atoms. The average molecular weight is 397 g/mol. The lowest BCUT2D eigenvalue weighted by Gasteiger charge is -2.50. The number of rotatable bonds is 3. The van der Waals surface area contributed by atoms with Gasteiger partial charge in [-0.05, 0) is 81.3 Å². The Kier molecular flexibility index (Phi) is 5.02. The summed E-state index contributed by atoms with van der Waals surface area (Å²) in [5.41, 5.74) is 2.47. The molecule has 0 bridgehead atoms. The molecule has 3 heterocycles. The van der Waals surface area contributed by atoms with Crippen molar-refractivity contribution in [1.82, 2.24) is 15.1 Å². The lowest BCUT2D eigenvalue weighted by molar-refractivity contribution is 0.0305. The van der Waals surface area contributed by atoms with E-state index in [1.807, 2.05) is 24.3 Å². The summed E-state index contributed by atoms with van der Waals surface area (Å²) in [6, 6.07) is 12.9. The first-order valence-corrected chi connectivity index (χ1v) is 11.2. The molecule has 5 heteroatoms. The number of anilines is 1. The Balaban J connectivity index is 1.19. The first kappa shape index (κ1) is 18.4. The Hall–Kier alpha value is -1.65. The van der Waals surface area contributed by atoms with Crippen LogP contribution in [0.1, 0.15) is 44.9 Å². The van der Waals surface area contributed by atoms with Gasteiger partial charge in [0.2, 0.25) is 0 Å². The van der Waals surface area contributed by atoms with E-state index in [0.29, 0.717) is 5.41 Å². The van der Waals surface area contributed by atoms with Crippen LogP contribution < -0.4 is 4.90 Å². The van der Waals surface area contributed by atoms with Crippen molar-refractivity contribution in [2.75, 3.05) is 31.1 Å². The second kappa shape index (κ2) is 7.64. The normalized spacial score (nSPS) is 23.0. The Morgan fingerprint density at radius 3 is 2.25 bits per heavy atom. The molecule has 1 aromatic heterocycles. The van der Waals surface area contributed by atoms with E-state index in [9.17, 15) is 0 Å². The van der Waals surface area contributed by atoms with Gasteiger partial charge < -0.3 is 9.80 Å². The van der Waals surface area contributed by atoms with Crippen LogP contribution in [0.25, 0.3) is 11.3 Å². The number of piperidine rings is 2. The molecule has 0 atom stereocenters. The molecule has 5 rings (SSSR count). The summed E-state index contributed by atoms with van der Waals surface area (Å²) in [7, 11) is 0. The molecule has 3 aliphatic rings. The number of halogens is 1. The molecule has 3 fully saturated rings. The first-order valence-electron chi connectivity index (χ1n) is 10.8. The summed E-state index contributed by atoms with van der Waals surface area (Å²) < 4.78 is 0. The fourth-order valence-electron chi connectivity index (χ4n) is 5.12. The van der Waals surface area contributed by atoms with E-state index in [1.54, 1.807) is 0 Å². The number of hydrogen-bond donors (Lipinski definition) is 0. The summed E-state index contributed by atoms with van der Waals surface area (Å²) in [5.74, 6) is 1.01. The molecule has 0 N–H and O–H groups in total. The highest BCUT2D eigenvalue weighted by molar-refractivity contribution is 6.30. The number of benzene rings is 1. The van der Waals surface area contributed by atoms with Crippen LogP contribution in [0.5, 0.6) is 0 Å². The zero-order valence-corrected chi connectivity index (χ0v) is 17.2. The van der Waals surface area contributed by atoms with Crippen molar-refractivity contribution in [2.45, 2.75) is 51.0 Å². The van der Waals surface area contributed by atoms with Crippen LogP contribution in [0.2, 0.25) is 5.02 Å². The predicted molar refractivity (Wildman–Crippen MR) is 115 cm³/mol. The smallest absolute Gasteiger partial charge is 0.151 e. The van der Waals surface area contributed by atoms with E-state index < -0.39 is 0 Å². The molecule has 148 valence electrons. The molecule has 4 nitrogen and oxygen atoms in total. The molecule has 0 amide bonds. The van der Waals surface area contributed by atoms with Crippen LogP contribution in [0.3, 0.4) is 0 Å². The number of aromatic nitrogens is 2. The molecule has 1 saturated carbocycles. The van der Waals surface area contributed by atoms with Crippen molar-refractivity contribution >= 4 is 17.4 Å². The first-order chi connectivity index (χ1) is 13.7. The average Bonchev–Trinajstić information content (AvgIpc) is 2.69. The standard InChI is InChI=1S/C23H29ClN4/c24-19-4-1-3-18(17-19)21-7-8-22(26-25-21)28-15-11-23(12-16-28)9-13-27(14-10-23)20-5-2-6-20/h1,3-4,7-8,17,20H,2,5-6,9-16H2. The van der Waals surface area contributed by atoms with Crippen LogP contribution in [0.15, 0.2) is 36.4 Å². The molecule has 1 aromatic carbocycles. The summed E-state index contributed by atoms with van der Waals surface area (Å²) in [5, 5.41) is 9.71. The lowest BCUT2D eigenvalue weighted by Crippen LogP contribution is -2.51. The molecule has 0 radical (unpaired) electrons. The topological polar surface area (TPSA) is 32.3 Å². The maximum Gasteiger partial charge on any atom is 0.151 e. The van der Waals surface area contributed by atoms with E-state index >= 15 is 0 Å². The third kappa shape index (κ3) is 3.65. The Labute approximate surface area is 172 Å². The number of nitrogens with zero attached hydrogens (tertiary/aromatic N) is 4. The summed E-state index contributed by atoms with van der Waals surface area (Å²) in [4.78, 5) is 5.18. The second-order valence-electron chi connectivity index (χ2n) is 8.89. The highest BCUT2D eigenvalue weighted by Gasteiger charge is 2.39. The van der Waals surface area contributed by atoms with Gasteiger partial charge in [0.25, 0.3) is 0 Å². The maximum atomic E-state index is 6.10. The van der Waals surface area contributed by atoms with Gasteiger partial charge in [-0.15, -0.1) is 10.2 Å². The SMILES string of the molecule is Clc1cccc(-c2ccc(N3CCC4(CC3)CCN(C3CCC3)CC4)nn2)c1. The van der Waals surface area contributed by atoms with Crippen LogP contribution in [-0.2, 0) is 0 Å². The van der Waals surface area contributed by atoms with Crippen LogP contribution in [0.4, 0.5) is 5.82 Å². The Bertz CT molecular complexity index is 800. The van der Waals surface area contributed by atoms with E-state index in [-0.39, 0.29) is 0 Å². The van der Waals surface area contributed by atoms with Crippen molar-refractivity contribution in [3.05, 3.63) is 41.4 Å². The number of hydrogen-bond acceptors (Lipinski definition) is 4. The summed E-state index contributed by atoms with van der Waals surface area (Å²) in [6.45, 7) is 4.85. The van der Waals surface area contributed by atoms with Crippen molar-refractivity contribution < 1.29 is 0 Å². The van der Waals surface area contributed by atoms with Gasteiger partial charge in [0.1, 0.15) is 0 Å². The molecular formula is C23H29ClN4. The van der Waals surface area contributed by atoms with Crippen LogP contribution in [-0.4, -0.2) is 47.3 Å². The van der Waals surface area contributed by atoms with E-state index in [4.69, 9.17) is 11.6 Å². The molecule has 2 aromatic rings. The lowest BCUT2D eigenvalue weighted by atomic mass is 9.70. The Morgan fingerprint density at radius 2 is 1.64 bits per heavy atom. The minimum Gasteiger partial charge on any atom is -0.355 e. The highest BCUT2D eigenvalue weighted by Crippen LogP contribution is 2.43. The largest absolute Gasteiger partial charge is 0.355 e. The maximum absolute atomic E-state index is 6.10. The minimum absolute atomic E-state index is 0.574. The minimum atomic E-state index is 0.574. The van der Waals surface area contributed by atoms with E-state index in [0.717, 1.165) is 41.2 Å². The van der Waals surface area contributed by atoms with Gasteiger partial charge in [-0.25, -0.2) is 0 Å². The number of likely N-dealkylation sites (tertiary alicyclic amines) is 1. The molecule has 2 saturated heterocycles. The molecular weight excluding hydrogens is 368 g/mol. The zero-order valence-electron chi connectivity index (χ0n) is 16.5. The second-order valence-corrected chi connectivity index (χ2v) is 9.33. The van der Waals surface area contributed by atoms with Crippen molar-refractivity contribution in [2.24, 2.45) is 5.41 Å². The van der Waals surface area contributed by atoms with Gasteiger partial charge in [-0.2, -0.15) is 0 Å². The quantitative estimate of drug-likeness (QED) is 0.728. The molecule has 1 spiro atoms. The monoisotopic (exact) mass is 396 g/mol. The van der Waals surface area contributed by atoms with Crippen molar-refractivity contribution in [1.29, 1.82) is 0 Å². The van der Waals surface area contributed by atoms with Crippen LogP contribution in [0, 0.1) is 5.41 Å². The summed E-state index contributed by atoms with van der Waals surface area (Å²) in [6.07, 6.45) is 9.67. The van der Waals surface area contributed by atoms with Gasteiger partial charge in [0.05, 0.1) is 5.69 Å². The predicted octanol–water partition coefficient (Wildman–Crippen LogP) is 5.03. The van der Waals surface area contributed by atoms with Gasteiger partial charge in [0, 0.05) is 29.7 Å². The van der Waals surface area contributed by atoms with Crippen molar-refractivity contribution in [3.8, 4) is 11.3 Å². The molecule has 1 aliphatic carbocycles. The van der Waals surface area contributed by atoms with Crippen LogP contribution >= 0.6 is 11.6 Å². The third-order valence-corrected chi connectivity index (χ3v) is 7.60. The van der Waals surface area contributed by atoms with Gasteiger partial charge in [-0.1, -0.05) is 30.2 Å². The Morgan fingerprint density at radius 1 is 0.893 bits per heavy atom. The van der Waals surface area contributed by atoms with Crippen molar-refractivity contribution in [3.63, 3.8) is 0 Å². The van der Waals surface area contributed by atoms with Gasteiger partial charge in [0.15, 0.2) is 5.82 Å². The van der Waals surface area contributed by atoms with E-state index in [1.165, 1.54) is 58.0 Å². The molecule has 0 unspecified atom stereocenters. The fourth-order valence-corrected chi connectivity index (χ4v) is 5.31. The van der Waals surface area contributed by atoms with E-state index in [2.05, 4.69) is 32.1 Å². The zero-order chi connectivity index (χ0) is 19.0. The van der Waals surface area contributed by atoms with Gasteiger partial charge >= 0.3 is 0 Å².